The van der Waals surface area contributed by atoms with Crippen LogP contribution in [-0.4, -0.2) is 9.55 Å². The Balaban J connectivity index is 2.35. The maximum Gasteiger partial charge on any atom is 0.151 e. The van der Waals surface area contributed by atoms with Gasteiger partial charge < -0.3 is 10.3 Å². The summed E-state index contributed by atoms with van der Waals surface area (Å²) in [6.07, 6.45) is 0. The van der Waals surface area contributed by atoms with E-state index in [4.69, 9.17) is 5.73 Å². The van der Waals surface area contributed by atoms with E-state index in [1.165, 1.54) is 12.1 Å². The molecule has 0 aliphatic carbocycles. The zero-order chi connectivity index (χ0) is 13.6. The van der Waals surface area contributed by atoms with E-state index in [0.717, 1.165) is 0 Å². The second-order valence-electron chi connectivity index (χ2n) is 4.30. The van der Waals surface area contributed by atoms with Gasteiger partial charge in [-0.2, -0.15) is 0 Å². The van der Waals surface area contributed by atoms with Crippen molar-refractivity contribution in [2.45, 2.75) is 0 Å². The first kappa shape index (κ1) is 11.6. The molecule has 96 valence electrons. The third-order valence-electron chi connectivity index (χ3n) is 3.16. The number of halogens is 2. The van der Waals surface area contributed by atoms with Gasteiger partial charge >= 0.3 is 0 Å². The smallest absolute Gasteiger partial charge is 0.151 e. The average molecular weight is 259 g/mol. The van der Waals surface area contributed by atoms with Gasteiger partial charge in [-0.05, 0) is 24.3 Å². The molecule has 0 unspecified atom stereocenters. The van der Waals surface area contributed by atoms with Crippen LogP contribution < -0.4 is 5.73 Å². The number of aryl methyl sites for hydroxylation is 1. The van der Waals surface area contributed by atoms with Crippen LogP contribution in [0, 0.1) is 11.6 Å². The first-order valence-electron chi connectivity index (χ1n) is 5.75. The lowest BCUT2D eigenvalue weighted by molar-refractivity contribution is 0.632. The van der Waals surface area contributed by atoms with E-state index in [0.29, 0.717) is 16.9 Å². The number of nitrogens with two attached hydrogens (primary N) is 1. The van der Waals surface area contributed by atoms with Gasteiger partial charge in [-0.25, -0.2) is 13.8 Å². The highest BCUT2D eigenvalue weighted by Crippen LogP contribution is 2.30. The van der Waals surface area contributed by atoms with Gasteiger partial charge in [0.1, 0.15) is 17.2 Å². The summed E-state index contributed by atoms with van der Waals surface area (Å²) in [5, 5.41) is 0. The molecule has 0 saturated heterocycles. The summed E-state index contributed by atoms with van der Waals surface area (Å²) >= 11 is 0. The second-order valence-corrected chi connectivity index (χ2v) is 4.30. The van der Waals surface area contributed by atoms with E-state index in [9.17, 15) is 8.78 Å². The number of para-hydroxylation sites is 2. The molecule has 0 aliphatic heterocycles. The molecular formula is C14H11F2N3. The van der Waals surface area contributed by atoms with E-state index in [2.05, 4.69) is 4.98 Å². The number of imidazole rings is 1. The summed E-state index contributed by atoms with van der Waals surface area (Å²) in [5.74, 6) is -0.476. The van der Waals surface area contributed by atoms with E-state index in [1.54, 1.807) is 35.9 Å². The molecular weight excluding hydrogens is 248 g/mol. The van der Waals surface area contributed by atoms with Crippen LogP contribution >= 0.6 is 0 Å². The van der Waals surface area contributed by atoms with Gasteiger partial charge in [-0.3, -0.25) is 0 Å². The average Bonchev–Trinajstić information content (AvgIpc) is 2.72. The maximum absolute atomic E-state index is 13.7. The Bertz CT molecular complexity index is 778. The fourth-order valence-electron chi connectivity index (χ4n) is 2.15. The molecule has 1 heterocycles. The van der Waals surface area contributed by atoms with E-state index in [1.807, 2.05) is 0 Å². The zero-order valence-electron chi connectivity index (χ0n) is 10.2. The molecule has 3 nitrogen and oxygen atoms in total. The summed E-state index contributed by atoms with van der Waals surface area (Å²) in [6, 6.07) is 9.20. The highest BCUT2D eigenvalue weighted by atomic mass is 19.1. The molecule has 0 aliphatic rings. The normalized spacial score (nSPS) is 11.1. The van der Waals surface area contributed by atoms with Gasteiger partial charge in [0.2, 0.25) is 0 Å². The van der Waals surface area contributed by atoms with Crippen LogP contribution in [0.3, 0.4) is 0 Å². The van der Waals surface area contributed by atoms with Crippen molar-refractivity contribution in [3.8, 4) is 11.4 Å². The second kappa shape index (κ2) is 4.05. The van der Waals surface area contributed by atoms with Crippen LogP contribution in [0.5, 0.6) is 0 Å². The van der Waals surface area contributed by atoms with Crippen LogP contribution in [0.2, 0.25) is 0 Å². The number of benzene rings is 2. The number of fused-ring (bicyclic) bond motifs is 1. The Labute approximate surface area is 108 Å². The maximum atomic E-state index is 13.7. The number of nitrogen functional groups attached to an aromatic ring is 1. The molecule has 0 fully saturated rings. The van der Waals surface area contributed by atoms with Crippen molar-refractivity contribution in [1.82, 2.24) is 9.55 Å². The lowest BCUT2D eigenvalue weighted by Gasteiger charge is -2.06. The molecule has 0 saturated carbocycles. The number of anilines is 1. The Morgan fingerprint density at radius 3 is 2.47 bits per heavy atom. The predicted octanol–water partition coefficient (Wildman–Crippen LogP) is 3.10. The van der Waals surface area contributed by atoms with Crippen LogP contribution in [0.15, 0.2) is 36.4 Å². The van der Waals surface area contributed by atoms with Crippen molar-refractivity contribution in [3.05, 3.63) is 48.0 Å². The van der Waals surface area contributed by atoms with Crippen LogP contribution in [0.4, 0.5) is 14.5 Å². The minimum atomic E-state index is -0.509. The highest BCUT2D eigenvalue weighted by Gasteiger charge is 2.15. The minimum absolute atomic E-state index is 0.0151. The number of rotatable bonds is 1. The zero-order valence-corrected chi connectivity index (χ0v) is 10.2. The van der Waals surface area contributed by atoms with Crippen LogP contribution in [0.1, 0.15) is 0 Å². The Morgan fingerprint density at radius 2 is 1.74 bits per heavy atom. The summed E-state index contributed by atoms with van der Waals surface area (Å²) < 4.78 is 28.9. The Kier molecular flexibility index (Phi) is 2.48. The SMILES string of the molecule is Cn1c(-c2cccc(F)c2N)nc2c(F)cccc21. The molecule has 0 bridgehead atoms. The molecule has 5 heteroatoms. The van der Waals surface area contributed by atoms with Crippen molar-refractivity contribution in [1.29, 1.82) is 0 Å². The van der Waals surface area contributed by atoms with Crippen molar-refractivity contribution in [2.24, 2.45) is 7.05 Å². The van der Waals surface area contributed by atoms with E-state index < -0.39 is 11.6 Å². The molecule has 19 heavy (non-hydrogen) atoms. The fourth-order valence-corrected chi connectivity index (χ4v) is 2.15. The minimum Gasteiger partial charge on any atom is -0.396 e. The topological polar surface area (TPSA) is 43.8 Å². The number of hydrogen-bond donors (Lipinski definition) is 1. The van der Waals surface area contributed by atoms with E-state index >= 15 is 0 Å². The summed E-state index contributed by atoms with van der Waals surface area (Å²) in [5.41, 5.74) is 7.08. The van der Waals surface area contributed by atoms with Gasteiger partial charge in [0.05, 0.1) is 11.2 Å². The molecule has 0 radical (unpaired) electrons. The van der Waals surface area contributed by atoms with Gasteiger partial charge in [-0.15, -0.1) is 0 Å². The summed E-state index contributed by atoms with van der Waals surface area (Å²) in [7, 11) is 1.74. The molecule has 3 aromatic rings. The van der Waals surface area contributed by atoms with Gasteiger partial charge in [-0.1, -0.05) is 12.1 Å². The van der Waals surface area contributed by atoms with Crippen molar-refractivity contribution >= 4 is 16.7 Å². The highest BCUT2D eigenvalue weighted by molar-refractivity contribution is 5.84. The molecule has 1 aromatic heterocycles. The van der Waals surface area contributed by atoms with Gasteiger partial charge in [0.15, 0.2) is 5.82 Å². The number of nitrogens with zero attached hydrogens (tertiary/aromatic N) is 2. The summed E-state index contributed by atoms with van der Waals surface area (Å²) in [4.78, 5) is 4.23. The van der Waals surface area contributed by atoms with Crippen molar-refractivity contribution in [2.75, 3.05) is 5.73 Å². The number of hydrogen-bond acceptors (Lipinski definition) is 2. The van der Waals surface area contributed by atoms with Gasteiger partial charge in [0.25, 0.3) is 0 Å². The van der Waals surface area contributed by atoms with Crippen molar-refractivity contribution < 1.29 is 8.78 Å². The first-order chi connectivity index (χ1) is 9.09. The third-order valence-corrected chi connectivity index (χ3v) is 3.16. The molecule has 3 rings (SSSR count). The lowest BCUT2D eigenvalue weighted by atomic mass is 10.1. The molecule has 2 N–H and O–H groups in total. The first-order valence-corrected chi connectivity index (χ1v) is 5.75. The van der Waals surface area contributed by atoms with Crippen LogP contribution in [0.25, 0.3) is 22.4 Å². The fraction of sp³-hybridized carbons (Fsp3) is 0.0714. The van der Waals surface area contributed by atoms with Gasteiger partial charge in [0, 0.05) is 12.6 Å². The van der Waals surface area contributed by atoms with E-state index in [-0.39, 0.29) is 11.2 Å². The Hall–Kier alpha value is -2.43. The summed E-state index contributed by atoms with van der Waals surface area (Å²) in [6.45, 7) is 0. The number of aromatic nitrogens is 2. The standard InChI is InChI=1S/C14H11F2N3/c1-19-11-7-3-6-10(16)13(11)18-14(19)8-4-2-5-9(15)12(8)17/h2-7H,17H2,1H3. The largest absolute Gasteiger partial charge is 0.396 e. The molecule has 2 aromatic carbocycles. The molecule has 0 spiro atoms. The van der Waals surface area contributed by atoms with Crippen molar-refractivity contribution in [3.63, 3.8) is 0 Å². The predicted molar refractivity (Wildman–Crippen MR) is 70.5 cm³/mol. The van der Waals surface area contributed by atoms with Crippen LogP contribution in [-0.2, 0) is 7.05 Å². The lowest BCUT2D eigenvalue weighted by Crippen LogP contribution is -1.99. The Morgan fingerprint density at radius 1 is 1.05 bits per heavy atom. The quantitative estimate of drug-likeness (QED) is 0.682. The molecule has 0 amide bonds. The monoisotopic (exact) mass is 259 g/mol. The molecule has 0 atom stereocenters. The third kappa shape index (κ3) is 1.66.